The Hall–Kier alpha value is -2.87. The Morgan fingerprint density at radius 1 is 1.09 bits per heavy atom. The number of methoxy groups -OCH3 is 1. The lowest BCUT2D eigenvalue weighted by atomic mass is 9.77. The van der Waals surface area contributed by atoms with E-state index in [4.69, 9.17) is 21.1 Å². The van der Waals surface area contributed by atoms with E-state index in [2.05, 4.69) is 12.2 Å². The summed E-state index contributed by atoms with van der Waals surface area (Å²) >= 11 is 6.30. The molecule has 35 heavy (non-hydrogen) atoms. The zero-order valence-corrected chi connectivity index (χ0v) is 20.3. The maximum atomic E-state index is 13.4. The summed E-state index contributed by atoms with van der Waals surface area (Å²) < 4.78 is 37.8. The first-order valence-electron chi connectivity index (χ1n) is 11.6. The third-order valence-electron chi connectivity index (χ3n) is 6.94. The summed E-state index contributed by atoms with van der Waals surface area (Å²) in [4.78, 5) is 25.3. The number of benzene rings is 2. The van der Waals surface area contributed by atoms with Crippen LogP contribution < -0.4 is 14.8 Å². The molecule has 6 nitrogen and oxygen atoms in total. The summed E-state index contributed by atoms with van der Waals surface area (Å²) in [6.07, 6.45) is 0.731. The van der Waals surface area contributed by atoms with Gasteiger partial charge < -0.3 is 19.9 Å². The third kappa shape index (κ3) is 5.37. The zero-order valence-electron chi connectivity index (χ0n) is 19.6. The molecule has 0 heterocycles. The Kier molecular flexibility index (Phi) is 6.95. The van der Waals surface area contributed by atoms with Crippen molar-refractivity contribution in [3.63, 3.8) is 0 Å². The molecule has 9 heteroatoms. The van der Waals surface area contributed by atoms with Crippen LogP contribution in [0.4, 0.5) is 8.78 Å². The molecule has 0 aromatic heterocycles. The molecule has 0 unspecified atom stereocenters. The minimum absolute atomic E-state index is 0.234. The van der Waals surface area contributed by atoms with Crippen molar-refractivity contribution in [1.29, 1.82) is 0 Å². The highest BCUT2D eigenvalue weighted by Gasteiger charge is 2.47. The van der Waals surface area contributed by atoms with E-state index in [0.717, 1.165) is 0 Å². The van der Waals surface area contributed by atoms with E-state index < -0.39 is 29.4 Å². The van der Waals surface area contributed by atoms with Crippen molar-refractivity contribution in [1.82, 2.24) is 5.32 Å². The van der Waals surface area contributed by atoms with Crippen LogP contribution in [-0.2, 0) is 4.79 Å². The number of rotatable bonds is 7. The van der Waals surface area contributed by atoms with Crippen molar-refractivity contribution in [2.75, 3.05) is 7.11 Å². The molecule has 0 saturated heterocycles. The highest BCUT2D eigenvalue weighted by atomic mass is 35.5. The molecule has 2 aliphatic rings. The summed E-state index contributed by atoms with van der Waals surface area (Å²) in [5.41, 5.74) is 0.00219. The largest absolute Gasteiger partial charge is 0.495 e. The summed E-state index contributed by atoms with van der Waals surface area (Å²) in [5, 5.41) is 13.0. The van der Waals surface area contributed by atoms with E-state index in [1.54, 1.807) is 30.3 Å². The van der Waals surface area contributed by atoms with Gasteiger partial charge in [-0.1, -0.05) is 24.6 Å². The molecule has 188 valence electrons. The fraction of sp³-hybridized carbons (Fsp3) is 0.462. The second kappa shape index (κ2) is 9.64. The lowest BCUT2D eigenvalue weighted by Crippen LogP contribution is -2.56. The summed E-state index contributed by atoms with van der Waals surface area (Å²) in [5.74, 6) is -3.11. The molecule has 0 aliphatic heterocycles. The third-order valence-corrected chi connectivity index (χ3v) is 7.24. The van der Waals surface area contributed by atoms with Crippen LogP contribution in [-0.4, -0.2) is 41.7 Å². The average Bonchev–Trinajstić information content (AvgIpc) is 2.79. The van der Waals surface area contributed by atoms with E-state index in [9.17, 15) is 23.5 Å². The molecule has 0 bridgehead atoms. The molecular formula is C26H28ClF2NO5. The molecule has 2 aromatic carbocycles. The van der Waals surface area contributed by atoms with Gasteiger partial charge in [-0.3, -0.25) is 4.79 Å². The molecule has 2 aliphatic carbocycles. The Morgan fingerprint density at radius 2 is 1.74 bits per heavy atom. The molecule has 0 atom stereocenters. The van der Waals surface area contributed by atoms with Crippen LogP contribution in [0.3, 0.4) is 0 Å². The van der Waals surface area contributed by atoms with Crippen molar-refractivity contribution >= 4 is 23.5 Å². The fourth-order valence-electron chi connectivity index (χ4n) is 4.64. The standard InChI is InChI=1S/C26H28ClF2NO5/c1-15-7-9-25(10-8-15,24(32)33)30-23(31)17-4-5-21(35-18-13-26(28,29)14-18)19(11-17)16-3-6-22(34-2)20(27)12-16/h3-6,11-12,15,18H,7-10,13-14H2,1-2H3,(H,30,31)(H,32,33)/t15-,25+. The van der Waals surface area contributed by atoms with Gasteiger partial charge in [-0.25, -0.2) is 13.6 Å². The van der Waals surface area contributed by atoms with Gasteiger partial charge in [0, 0.05) is 24.0 Å². The number of hydrogen-bond acceptors (Lipinski definition) is 4. The molecule has 2 saturated carbocycles. The van der Waals surface area contributed by atoms with Gasteiger partial charge in [0.2, 0.25) is 0 Å². The first-order chi connectivity index (χ1) is 16.5. The van der Waals surface area contributed by atoms with Gasteiger partial charge in [-0.2, -0.15) is 0 Å². The number of nitrogens with one attached hydrogen (secondary N) is 1. The molecule has 2 N–H and O–H groups in total. The zero-order chi connectivity index (χ0) is 25.4. The van der Waals surface area contributed by atoms with Crippen LogP contribution in [0.5, 0.6) is 11.5 Å². The minimum atomic E-state index is -2.74. The molecule has 0 spiro atoms. The number of hydrogen-bond donors (Lipinski definition) is 2. The van der Waals surface area contributed by atoms with Crippen LogP contribution in [0.2, 0.25) is 5.02 Å². The van der Waals surface area contributed by atoms with E-state index >= 15 is 0 Å². The second-order valence-corrected chi connectivity index (χ2v) is 10.00. The molecule has 0 radical (unpaired) electrons. The average molecular weight is 508 g/mol. The number of ether oxygens (including phenoxy) is 2. The van der Waals surface area contributed by atoms with E-state index in [1.807, 2.05) is 0 Å². The Bertz CT molecular complexity index is 1120. The van der Waals surface area contributed by atoms with Crippen LogP contribution >= 0.6 is 11.6 Å². The lowest BCUT2D eigenvalue weighted by Gasteiger charge is -2.36. The number of amides is 1. The number of aliphatic carboxylic acids is 1. The summed E-state index contributed by atoms with van der Waals surface area (Å²) in [6.45, 7) is 2.07. The number of carbonyl (C=O) groups excluding carboxylic acids is 1. The van der Waals surface area contributed by atoms with Gasteiger partial charge in [0.05, 0.1) is 12.1 Å². The van der Waals surface area contributed by atoms with Crippen molar-refractivity contribution in [2.45, 2.75) is 63.0 Å². The van der Waals surface area contributed by atoms with Crippen LogP contribution in [0.1, 0.15) is 55.8 Å². The predicted octanol–water partition coefficient (Wildman–Crippen LogP) is 5.96. The van der Waals surface area contributed by atoms with Crippen molar-refractivity contribution in [3.05, 3.63) is 47.0 Å². The number of carboxylic acids is 1. The molecule has 2 aromatic rings. The summed E-state index contributed by atoms with van der Waals surface area (Å²) in [7, 11) is 1.49. The second-order valence-electron chi connectivity index (χ2n) is 9.59. The Morgan fingerprint density at radius 3 is 2.31 bits per heavy atom. The highest BCUT2D eigenvalue weighted by Crippen LogP contribution is 2.43. The quantitative estimate of drug-likeness (QED) is 0.483. The minimum Gasteiger partial charge on any atom is -0.495 e. The van der Waals surface area contributed by atoms with Gasteiger partial charge in [-0.05, 0) is 67.5 Å². The van der Waals surface area contributed by atoms with Gasteiger partial charge >= 0.3 is 5.97 Å². The molecular weight excluding hydrogens is 480 g/mol. The predicted molar refractivity (Wildman–Crippen MR) is 128 cm³/mol. The lowest BCUT2D eigenvalue weighted by molar-refractivity contribution is -0.146. The topological polar surface area (TPSA) is 84.9 Å². The monoisotopic (exact) mass is 507 g/mol. The van der Waals surface area contributed by atoms with Crippen LogP contribution in [0, 0.1) is 5.92 Å². The first kappa shape index (κ1) is 25.2. The Balaban J connectivity index is 1.65. The van der Waals surface area contributed by atoms with E-state index in [1.165, 1.54) is 13.2 Å². The maximum absolute atomic E-state index is 13.4. The molecule has 2 fully saturated rings. The number of carboxylic acid groups (broad SMARTS) is 1. The van der Waals surface area contributed by atoms with Gasteiger partial charge in [-0.15, -0.1) is 0 Å². The van der Waals surface area contributed by atoms with Crippen molar-refractivity contribution < 1.29 is 33.0 Å². The number of carbonyl (C=O) groups is 2. The Labute approximate surface area is 207 Å². The molecule has 4 rings (SSSR count). The smallest absolute Gasteiger partial charge is 0.329 e. The number of alkyl halides is 2. The fourth-order valence-corrected chi connectivity index (χ4v) is 4.90. The number of halogens is 3. The first-order valence-corrected chi connectivity index (χ1v) is 12.0. The van der Waals surface area contributed by atoms with Crippen LogP contribution in [0.15, 0.2) is 36.4 Å². The SMILES string of the molecule is COc1ccc(-c2cc(C(=O)N[C@]3(C(=O)O)CC[C@H](C)CC3)ccc2OC2CC(F)(F)C2)cc1Cl. The normalized spacial score (nSPS) is 23.7. The van der Waals surface area contributed by atoms with Crippen molar-refractivity contribution in [2.24, 2.45) is 5.92 Å². The van der Waals surface area contributed by atoms with Gasteiger partial charge in [0.15, 0.2) is 0 Å². The molecule has 1 amide bonds. The van der Waals surface area contributed by atoms with Crippen molar-refractivity contribution in [3.8, 4) is 22.6 Å². The van der Waals surface area contributed by atoms with Gasteiger partial charge in [0.1, 0.15) is 23.1 Å². The highest BCUT2D eigenvalue weighted by molar-refractivity contribution is 6.32. The van der Waals surface area contributed by atoms with E-state index in [0.29, 0.717) is 59.2 Å². The van der Waals surface area contributed by atoms with E-state index in [-0.39, 0.29) is 18.4 Å². The maximum Gasteiger partial charge on any atom is 0.329 e. The summed E-state index contributed by atoms with van der Waals surface area (Å²) in [6, 6.07) is 9.66. The van der Waals surface area contributed by atoms with Gasteiger partial charge in [0.25, 0.3) is 11.8 Å². The van der Waals surface area contributed by atoms with Crippen LogP contribution in [0.25, 0.3) is 11.1 Å².